The number of benzene rings is 1. The van der Waals surface area contributed by atoms with Crippen molar-refractivity contribution in [1.82, 2.24) is 0 Å². The number of hydrogen-bond acceptors (Lipinski definition) is 4. The molecule has 2 atom stereocenters. The van der Waals surface area contributed by atoms with Gasteiger partial charge in [-0.2, -0.15) is 10.5 Å². The third kappa shape index (κ3) is 3.70. The van der Waals surface area contributed by atoms with E-state index in [1.54, 1.807) is 13.8 Å². The number of halogens is 2. The van der Waals surface area contributed by atoms with E-state index in [2.05, 4.69) is 0 Å². The topological polar surface area (TPSA) is 66.0 Å². The molecule has 0 bridgehead atoms. The van der Waals surface area contributed by atoms with Gasteiger partial charge < -0.3 is 9.47 Å². The van der Waals surface area contributed by atoms with Crippen molar-refractivity contribution in [2.75, 3.05) is 0 Å². The number of hydrogen-bond donors (Lipinski definition) is 0. The van der Waals surface area contributed by atoms with Gasteiger partial charge in [0, 0.05) is 6.07 Å². The molecular formula is C12H10Cl2N2O2. The second-order valence-electron chi connectivity index (χ2n) is 3.49. The zero-order valence-electron chi connectivity index (χ0n) is 9.78. The number of nitriles is 2. The first kappa shape index (κ1) is 14.4. The molecule has 18 heavy (non-hydrogen) atoms. The van der Waals surface area contributed by atoms with Gasteiger partial charge in [-0.25, -0.2) is 0 Å². The standard InChI is InChI=1S/C12H10Cl2N2O2/c1-7(5-15)17-11-4-12(18-8(2)6-16)10(14)3-9(11)13/h3-4,7-8H,1-2H3/t7-,8-/m0/s1. The fourth-order valence-electron chi connectivity index (χ4n) is 1.12. The van der Waals surface area contributed by atoms with E-state index in [-0.39, 0.29) is 21.5 Å². The van der Waals surface area contributed by atoms with Crippen LogP contribution in [0.3, 0.4) is 0 Å². The molecule has 94 valence electrons. The zero-order chi connectivity index (χ0) is 13.7. The van der Waals surface area contributed by atoms with E-state index >= 15 is 0 Å². The highest BCUT2D eigenvalue weighted by Crippen LogP contribution is 2.36. The van der Waals surface area contributed by atoms with E-state index in [0.717, 1.165) is 0 Å². The van der Waals surface area contributed by atoms with Crippen LogP contribution in [0.5, 0.6) is 11.5 Å². The van der Waals surface area contributed by atoms with Crippen molar-refractivity contribution >= 4 is 23.2 Å². The first-order chi connectivity index (χ1) is 8.47. The molecular weight excluding hydrogens is 275 g/mol. The summed E-state index contributed by atoms with van der Waals surface area (Å²) >= 11 is 11.9. The Labute approximate surface area is 115 Å². The number of ether oxygens (including phenoxy) is 2. The zero-order valence-corrected chi connectivity index (χ0v) is 11.3. The summed E-state index contributed by atoms with van der Waals surface area (Å²) in [4.78, 5) is 0. The van der Waals surface area contributed by atoms with Gasteiger partial charge in [-0.1, -0.05) is 23.2 Å². The molecule has 0 aliphatic rings. The first-order valence-electron chi connectivity index (χ1n) is 5.09. The maximum Gasteiger partial charge on any atom is 0.181 e. The van der Waals surface area contributed by atoms with E-state index in [1.807, 2.05) is 12.1 Å². The molecule has 1 aromatic rings. The monoisotopic (exact) mass is 284 g/mol. The Morgan fingerprint density at radius 3 is 1.67 bits per heavy atom. The predicted octanol–water partition coefficient (Wildman–Crippen LogP) is 3.58. The van der Waals surface area contributed by atoms with Crippen molar-refractivity contribution in [1.29, 1.82) is 10.5 Å². The van der Waals surface area contributed by atoms with Crippen LogP contribution in [0.4, 0.5) is 0 Å². The largest absolute Gasteiger partial charge is 0.474 e. The van der Waals surface area contributed by atoms with Gasteiger partial charge >= 0.3 is 0 Å². The van der Waals surface area contributed by atoms with E-state index in [4.69, 9.17) is 43.2 Å². The Morgan fingerprint density at radius 1 is 0.944 bits per heavy atom. The summed E-state index contributed by atoms with van der Waals surface area (Å²) in [5, 5.41) is 17.9. The van der Waals surface area contributed by atoms with Crippen LogP contribution >= 0.6 is 23.2 Å². The van der Waals surface area contributed by atoms with Gasteiger partial charge in [-0.3, -0.25) is 0 Å². The van der Waals surface area contributed by atoms with E-state index in [9.17, 15) is 0 Å². The predicted molar refractivity (Wildman–Crippen MR) is 67.9 cm³/mol. The maximum atomic E-state index is 8.68. The second kappa shape index (κ2) is 6.35. The maximum absolute atomic E-state index is 8.68. The highest BCUT2D eigenvalue weighted by Gasteiger charge is 2.13. The van der Waals surface area contributed by atoms with Crippen molar-refractivity contribution < 1.29 is 9.47 Å². The first-order valence-corrected chi connectivity index (χ1v) is 5.85. The van der Waals surface area contributed by atoms with Crippen LogP contribution in [0.1, 0.15) is 13.8 Å². The van der Waals surface area contributed by atoms with Crippen LogP contribution < -0.4 is 9.47 Å². The number of nitrogens with zero attached hydrogens (tertiary/aromatic N) is 2. The third-order valence-electron chi connectivity index (χ3n) is 1.96. The lowest BCUT2D eigenvalue weighted by atomic mass is 10.3. The quantitative estimate of drug-likeness (QED) is 0.848. The summed E-state index contributed by atoms with van der Waals surface area (Å²) in [5.41, 5.74) is 0. The van der Waals surface area contributed by atoms with Crippen molar-refractivity contribution in [3.63, 3.8) is 0 Å². The van der Waals surface area contributed by atoms with Gasteiger partial charge in [-0.15, -0.1) is 0 Å². The Morgan fingerprint density at radius 2 is 1.33 bits per heavy atom. The van der Waals surface area contributed by atoms with Crippen molar-refractivity contribution in [3.8, 4) is 23.6 Å². The minimum atomic E-state index is -0.648. The molecule has 0 unspecified atom stereocenters. The average molecular weight is 285 g/mol. The average Bonchev–Trinajstić information content (AvgIpc) is 2.34. The van der Waals surface area contributed by atoms with Gasteiger partial charge in [0.15, 0.2) is 12.2 Å². The smallest absolute Gasteiger partial charge is 0.181 e. The molecule has 0 amide bonds. The van der Waals surface area contributed by atoms with Crippen LogP contribution in [-0.2, 0) is 0 Å². The molecule has 0 radical (unpaired) electrons. The molecule has 0 N–H and O–H groups in total. The van der Waals surface area contributed by atoms with Crippen LogP contribution in [-0.4, -0.2) is 12.2 Å². The van der Waals surface area contributed by atoms with Gasteiger partial charge in [0.05, 0.1) is 10.0 Å². The van der Waals surface area contributed by atoms with Gasteiger partial charge in [0.2, 0.25) is 0 Å². The highest BCUT2D eigenvalue weighted by atomic mass is 35.5. The van der Waals surface area contributed by atoms with Gasteiger partial charge in [-0.05, 0) is 19.9 Å². The summed E-state index contributed by atoms with van der Waals surface area (Å²) in [7, 11) is 0. The Kier molecular flexibility index (Phi) is 5.09. The molecule has 0 saturated carbocycles. The Bertz CT molecular complexity index is 477. The molecule has 0 spiro atoms. The second-order valence-corrected chi connectivity index (χ2v) is 4.31. The Hall–Kier alpha value is -1.62. The molecule has 0 aliphatic carbocycles. The van der Waals surface area contributed by atoms with Crippen LogP contribution in [0.15, 0.2) is 12.1 Å². The lowest BCUT2D eigenvalue weighted by Crippen LogP contribution is -2.11. The molecule has 0 aromatic heterocycles. The molecule has 4 nitrogen and oxygen atoms in total. The summed E-state index contributed by atoms with van der Waals surface area (Å²) in [6, 6.07) is 6.75. The number of rotatable bonds is 4. The molecule has 0 fully saturated rings. The lowest BCUT2D eigenvalue weighted by molar-refractivity contribution is 0.262. The minimum Gasteiger partial charge on any atom is -0.474 e. The SMILES string of the molecule is C[C@@H](C#N)Oc1cc(O[C@@H](C)C#N)c(Cl)cc1Cl. The van der Waals surface area contributed by atoms with Crippen molar-refractivity contribution in [2.24, 2.45) is 0 Å². The van der Waals surface area contributed by atoms with Gasteiger partial charge in [0.1, 0.15) is 23.6 Å². The van der Waals surface area contributed by atoms with Gasteiger partial charge in [0.25, 0.3) is 0 Å². The molecule has 6 heteroatoms. The molecule has 0 heterocycles. The summed E-state index contributed by atoms with van der Waals surface area (Å²) in [5.74, 6) is 0.575. The lowest BCUT2D eigenvalue weighted by Gasteiger charge is -2.14. The van der Waals surface area contributed by atoms with Crippen LogP contribution in [0.25, 0.3) is 0 Å². The molecule has 0 aliphatic heterocycles. The summed E-state index contributed by atoms with van der Waals surface area (Å²) < 4.78 is 10.6. The summed E-state index contributed by atoms with van der Waals surface area (Å²) in [6.45, 7) is 3.17. The minimum absolute atomic E-state index is 0.277. The molecule has 1 aromatic carbocycles. The fraction of sp³-hybridized carbons (Fsp3) is 0.333. The van der Waals surface area contributed by atoms with E-state index in [0.29, 0.717) is 0 Å². The Balaban J connectivity index is 3.03. The van der Waals surface area contributed by atoms with Crippen molar-refractivity contribution in [2.45, 2.75) is 26.1 Å². The van der Waals surface area contributed by atoms with Crippen LogP contribution in [0, 0.1) is 22.7 Å². The highest BCUT2D eigenvalue weighted by molar-refractivity contribution is 6.36. The van der Waals surface area contributed by atoms with Crippen LogP contribution in [0.2, 0.25) is 10.0 Å². The summed E-state index contributed by atoms with van der Waals surface area (Å²) in [6.07, 6.45) is -1.30. The van der Waals surface area contributed by atoms with Crippen molar-refractivity contribution in [3.05, 3.63) is 22.2 Å². The normalized spacial score (nSPS) is 13.0. The van der Waals surface area contributed by atoms with E-state index < -0.39 is 12.2 Å². The molecule has 1 rings (SSSR count). The fourth-order valence-corrected chi connectivity index (χ4v) is 1.60. The molecule has 0 saturated heterocycles. The van der Waals surface area contributed by atoms with E-state index in [1.165, 1.54) is 12.1 Å². The third-order valence-corrected chi connectivity index (χ3v) is 2.55.